The first-order valence-corrected chi connectivity index (χ1v) is 16.0. The highest BCUT2D eigenvalue weighted by Gasteiger charge is 2.46. The standard InChI is InChI=1S/C30H37F3N4O7S/c1-17(2)25(27(40)30(31,32)33)35-28(41)21-12-8-16-37(21)29(42)26(18(3)4)34-23(38)14-15-24(39)36-45(43,44)22-13-7-10-19-9-5-6-11-20(19)22/h5-7,9-11,13,17-18,21,25-26H,8,12,14-16H2,1-4H3,(H,34,38)(H,35,41)(H,36,39)/t21-,25?,26-/m0/s1. The van der Waals surface area contributed by atoms with Gasteiger partial charge in [0.05, 0.1) is 10.9 Å². The minimum Gasteiger partial charge on any atom is -0.344 e. The summed E-state index contributed by atoms with van der Waals surface area (Å²) in [5, 5.41) is 5.75. The Morgan fingerprint density at radius 2 is 1.47 bits per heavy atom. The van der Waals surface area contributed by atoms with E-state index in [1.807, 2.05) is 4.72 Å². The van der Waals surface area contributed by atoms with Crippen molar-refractivity contribution in [2.24, 2.45) is 11.8 Å². The molecule has 15 heteroatoms. The molecule has 0 spiro atoms. The average molecular weight is 655 g/mol. The SMILES string of the molecule is CC(C)C(NC(=O)[C@@H]1CCCN1C(=O)[C@@H](NC(=O)CCC(=O)NS(=O)(=O)c1cccc2ccccc12)C(C)C)C(=O)C(F)(F)F. The Hall–Kier alpha value is -4.01. The van der Waals surface area contributed by atoms with Gasteiger partial charge in [-0.1, -0.05) is 64.1 Å². The summed E-state index contributed by atoms with van der Waals surface area (Å²) in [6.45, 7) is 6.08. The molecule has 11 nitrogen and oxygen atoms in total. The minimum absolute atomic E-state index is 0.101. The maximum absolute atomic E-state index is 13.5. The third-order valence-corrected chi connectivity index (χ3v) is 8.91. The summed E-state index contributed by atoms with van der Waals surface area (Å²) in [6.07, 6.45) is -5.60. The maximum Gasteiger partial charge on any atom is 0.452 e. The van der Waals surface area contributed by atoms with Gasteiger partial charge in [0.1, 0.15) is 12.1 Å². The molecular formula is C30H37F3N4O7S. The van der Waals surface area contributed by atoms with Crippen LogP contribution < -0.4 is 15.4 Å². The zero-order valence-electron chi connectivity index (χ0n) is 25.3. The topological polar surface area (TPSA) is 159 Å². The smallest absolute Gasteiger partial charge is 0.344 e. The zero-order chi connectivity index (χ0) is 33.7. The molecule has 3 rings (SSSR count). The lowest BCUT2D eigenvalue weighted by molar-refractivity contribution is -0.175. The predicted octanol–water partition coefficient (Wildman–Crippen LogP) is 2.83. The number of halogens is 3. The summed E-state index contributed by atoms with van der Waals surface area (Å²) >= 11 is 0. The first kappa shape index (κ1) is 35.5. The van der Waals surface area contributed by atoms with Crippen molar-refractivity contribution in [3.8, 4) is 0 Å². The number of ketones is 1. The van der Waals surface area contributed by atoms with Gasteiger partial charge in [-0.05, 0) is 36.1 Å². The summed E-state index contributed by atoms with van der Waals surface area (Å²) in [7, 11) is -4.25. The van der Waals surface area contributed by atoms with Crippen LogP contribution in [0, 0.1) is 11.8 Å². The second kappa shape index (κ2) is 14.4. The molecule has 0 saturated carbocycles. The number of carbonyl (C=O) groups excluding carboxylic acids is 5. The van der Waals surface area contributed by atoms with E-state index in [9.17, 15) is 45.6 Å². The lowest BCUT2D eigenvalue weighted by atomic mass is 9.98. The van der Waals surface area contributed by atoms with Crippen LogP contribution in [-0.4, -0.2) is 73.6 Å². The highest BCUT2D eigenvalue weighted by atomic mass is 32.2. The molecule has 246 valence electrons. The largest absolute Gasteiger partial charge is 0.452 e. The van der Waals surface area contributed by atoms with E-state index in [4.69, 9.17) is 0 Å². The van der Waals surface area contributed by atoms with Gasteiger partial charge in [0.25, 0.3) is 15.8 Å². The first-order chi connectivity index (χ1) is 20.9. The van der Waals surface area contributed by atoms with Gasteiger partial charge in [0.15, 0.2) is 0 Å². The van der Waals surface area contributed by atoms with Gasteiger partial charge in [0.2, 0.25) is 23.6 Å². The molecule has 1 aliphatic heterocycles. The quantitative estimate of drug-likeness (QED) is 0.318. The molecule has 0 bridgehead atoms. The Bertz CT molecular complexity index is 1550. The molecule has 3 N–H and O–H groups in total. The molecule has 2 aromatic carbocycles. The first-order valence-electron chi connectivity index (χ1n) is 14.5. The summed E-state index contributed by atoms with van der Waals surface area (Å²) < 4.78 is 67.0. The lowest BCUT2D eigenvalue weighted by Crippen LogP contribution is -2.58. The Morgan fingerprint density at radius 3 is 2.09 bits per heavy atom. The lowest BCUT2D eigenvalue weighted by Gasteiger charge is -2.32. The normalized spacial score (nSPS) is 16.8. The summed E-state index contributed by atoms with van der Waals surface area (Å²) in [5.41, 5.74) is 0. The summed E-state index contributed by atoms with van der Waals surface area (Å²) in [4.78, 5) is 64.7. The average Bonchev–Trinajstić information content (AvgIpc) is 3.46. The van der Waals surface area contributed by atoms with Crippen molar-refractivity contribution in [3.05, 3.63) is 42.5 Å². The molecule has 3 atom stereocenters. The van der Waals surface area contributed by atoms with E-state index in [1.54, 1.807) is 44.2 Å². The maximum atomic E-state index is 13.5. The Balaban J connectivity index is 1.63. The van der Waals surface area contributed by atoms with E-state index in [0.717, 1.165) is 0 Å². The molecule has 1 heterocycles. The highest BCUT2D eigenvalue weighted by Crippen LogP contribution is 2.25. The van der Waals surface area contributed by atoms with Gasteiger partial charge in [-0.25, -0.2) is 13.1 Å². The number of fused-ring (bicyclic) bond motifs is 1. The fourth-order valence-corrected chi connectivity index (χ4v) is 6.36. The van der Waals surface area contributed by atoms with Crippen molar-refractivity contribution in [1.82, 2.24) is 20.3 Å². The fourth-order valence-electron chi connectivity index (χ4n) is 5.11. The fraction of sp³-hybridized carbons (Fsp3) is 0.500. The molecule has 0 aliphatic carbocycles. The number of alkyl halides is 3. The summed E-state index contributed by atoms with van der Waals surface area (Å²) in [5.74, 6) is -6.66. The number of Topliss-reactive ketones (excluding diaryl/α,β-unsaturated/α-hetero) is 1. The number of sulfonamides is 1. The van der Waals surface area contributed by atoms with Crippen LogP contribution in [0.1, 0.15) is 53.4 Å². The van der Waals surface area contributed by atoms with Gasteiger partial charge in [-0.2, -0.15) is 13.2 Å². The Kier molecular flexibility index (Phi) is 11.3. The Labute approximate surface area is 259 Å². The van der Waals surface area contributed by atoms with Gasteiger partial charge in [-0.15, -0.1) is 0 Å². The molecule has 4 amide bonds. The molecule has 0 aromatic heterocycles. The van der Waals surface area contributed by atoms with Gasteiger partial charge in [0, 0.05) is 24.8 Å². The zero-order valence-corrected chi connectivity index (χ0v) is 26.1. The minimum atomic E-state index is -5.16. The Morgan fingerprint density at radius 1 is 0.867 bits per heavy atom. The number of hydrogen-bond donors (Lipinski definition) is 3. The summed E-state index contributed by atoms with van der Waals surface area (Å²) in [6, 6.07) is 7.22. The number of hydrogen-bond acceptors (Lipinski definition) is 7. The number of amides is 4. The van der Waals surface area contributed by atoms with Crippen LogP contribution >= 0.6 is 0 Å². The molecule has 1 saturated heterocycles. The molecular weight excluding hydrogens is 617 g/mol. The number of carbonyl (C=O) groups is 5. The number of nitrogens with zero attached hydrogens (tertiary/aromatic N) is 1. The van der Waals surface area contributed by atoms with Crippen molar-refractivity contribution in [3.63, 3.8) is 0 Å². The number of rotatable bonds is 12. The molecule has 0 radical (unpaired) electrons. The highest BCUT2D eigenvalue weighted by molar-refractivity contribution is 7.90. The van der Waals surface area contributed by atoms with E-state index >= 15 is 0 Å². The van der Waals surface area contributed by atoms with Crippen LogP contribution in [0.2, 0.25) is 0 Å². The van der Waals surface area contributed by atoms with E-state index in [2.05, 4.69) is 10.6 Å². The second-order valence-electron chi connectivity index (χ2n) is 11.6. The van der Waals surface area contributed by atoms with Crippen LogP contribution in [-0.2, 0) is 34.0 Å². The van der Waals surface area contributed by atoms with Gasteiger partial charge in [-0.3, -0.25) is 24.0 Å². The monoisotopic (exact) mass is 654 g/mol. The van der Waals surface area contributed by atoms with Crippen LogP contribution in [0.4, 0.5) is 13.2 Å². The van der Waals surface area contributed by atoms with Crippen molar-refractivity contribution >= 4 is 50.2 Å². The molecule has 1 fully saturated rings. The van der Waals surface area contributed by atoms with E-state index < -0.39 is 88.4 Å². The van der Waals surface area contributed by atoms with Gasteiger partial charge >= 0.3 is 6.18 Å². The van der Waals surface area contributed by atoms with Crippen LogP contribution in [0.5, 0.6) is 0 Å². The van der Waals surface area contributed by atoms with Crippen molar-refractivity contribution in [1.29, 1.82) is 0 Å². The van der Waals surface area contributed by atoms with E-state index in [-0.39, 0.29) is 17.9 Å². The third-order valence-electron chi connectivity index (χ3n) is 7.48. The van der Waals surface area contributed by atoms with E-state index in [1.165, 1.54) is 30.9 Å². The third kappa shape index (κ3) is 8.80. The van der Waals surface area contributed by atoms with Crippen LogP contribution in [0.25, 0.3) is 10.8 Å². The number of likely N-dealkylation sites (tertiary alicyclic amines) is 1. The molecule has 1 unspecified atom stereocenters. The van der Waals surface area contributed by atoms with E-state index in [0.29, 0.717) is 17.2 Å². The van der Waals surface area contributed by atoms with Crippen molar-refractivity contribution in [2.45, 2.75) is 82.6 Å². The number of benzene rings is 2. The van der Waals surface area contributed by atoms with Crippen molar-refractivity contribution in [2.75, 3.05) is 6.54 Å². The predicted molar refractivity (Wildman–Crippen MR) is 158 cm³/mol. The van der Waals surface area contributed by atoms with Crippen molar-refractivity contribution < 1.29 is 45.6 Å². The molecule has 2 aromatic rings. The van der Waals surface area contributed by atoms with Crippen LogP contribution in [0.3, 0.4) is 0 Å². The van der Waals surface area contributed by atoms with Gasteiger partial charge < -0.3 is 15.5 Å². The second-order valence-corrected chi connectivity index (χ2v) is 13.2. The molecule has 45 heavy (non-hydrogen) atoms. The molecule has 1 aliphatic rings. The number of nitrogens with one attached hydrogen (secondary N) is 3. The van der Waals surface area contributed by atoms with Crippen LogP contribution in [0.15, 0.2) is 47.4 Å².